The van der Waals surface area contributed by atoms with Crippen molar-refractivity contribution in [1.82, 2.24) is 15.3 Å². The van der Waals surface area contributed by atoms with Crippen molar-refractivity contribution < 1.29 is 23.9 Å². The van der Waals surface area contributed by atoms with Crippen LogP contribution in [-0.2, 0) is 4.74 Å². The van der Waals surface area contributed by atoms with E-state index in [0.717, 1.165) is 10.6 Å². The number of anilines is 2. The number of hydrogen-bond donors (Lipinski definition) is 3. The summed E-state index contributed by atoms with van der Waals surface area (Å²) >= 11 is 7.49. The van der Waals surface area contributed by atoms with E-state index in [-0.39, 0.29) is 23.6 Å². The third kappa shape index (κ3) is 10.3. The number of halogens is 1. The van der Waals surface area contributed by atoms with E-state index in [1.165, 1.54) is 6.20 Å². The third-order valence-electron chi connectivity index (χ3n) is 5.22. The molecular formula is C29H34ClN5O5S. The van der Waals surface area contributed by atoms with Crippen LogP contribution in [0.1, 0.15) is 60.7 Å². The number of nitrogens with one attached hydrogen (secondary N) is 3. The Morgan fingerprint density at radius 2 is 1.80 bits per heavy atom. The molecule has 1 aromatic carbocycles. The van der Waals surface area contributed by atoms with E-state index >= 15 is 0 Å². The van der Waals surface area contributed by atoms with Crippen molar-refractivity contribution in [2.75, 3.05) is 29.5 Å². The van der Waals surface area contributed by atoms with E-state index in [1.54, 1.807) is 75.9 Å². The highest BCUT2D eigenvalue weighted by Crippen LogP contribution is 2.28. The number of benzene rings is 1. The number of aryl methyl sites for hydroxylation is 1. The number of amides is 3. The quantitative estimate of drug-likeness (QED) is 0.172. The minimum Gasteiger partial charge on any atom is -0.493 e. The van der Waals surface area contributed by atoms with Gasteiger partial charge in [-0.2, -0.15) is 0 Å². The fraction of sp³-hybridized carbons (Fsp3) is 0.345. The minimum atomic E-state index is -0.583. The van der Waals surface area contributed by atoms with Crippen molar-refractivity contribution in [2.45, 2.75) is 51.5 Å². The molecule has 0 fully saturated rings. The molecule has 2 aromatic heterocycles. The van der Waals surface area contributed by atoms with Gasteiger partial charge >= 0.3 is 6.09 Å². The van der Waals surface area contributed by atoms with Gasteiger partial charge in [0, 0.05) is 23.3 Å². The highest BCUT2D eigenvalue weighted by molar-refractivity contribution is 7.99. The number of aromatic nitrogens is 2. The van der Waals surface area contributed by atoms with E-state index < -0.39 is 23.5 Å². The van der Waals surface area contributed by atoms with Gasteiger partial charge in [0.25, 0.3) is 11.8 Å². The van der Waals surface area contributed by atoms with Gasteiger partial charge in [0.05, 0.1) is 22.9 Å². The molecule has 0 unspecified atom stereocenters. The normalized spacial score (nSPS) is 11.0. The third-order valence-corrected chi connectivity index (χ3v) is 6.32. The van der Waals surface area contributed by atoms with Gasteiger partial charge < -0.3 is 25.4 Å². The molecule has 2 heterocycles. The van der Waals surface area contributed by atoms with Crippen molar-refractivity contribution in [2.24, 2.45) is 0 Å². The van der Waals surface area contributed by atoms with Crippen molar-refractivity contribution in [1.29, 1.82) is 0 Å². The van der Waals surface area contributed by atoms with Gasteiger partial charge in [0.15, 0.2) is 5.69 Å². The van der Waals surface area contributed by atoms with Crippen molar-refractivity contribution in [3.63, 3.8) is 0 Å². The summed E-state index contributed by atoms with van der Waals surface area (Å²) in [5.74, 6) is 0.517. The molecule has 0 saturated carbocycles. The summed E-state index contributed by atoms with van der Waals surface area (Å²) in [4.78, 5) is 47.7. The minimum absolute atomic E-state index is 0.0314. The molecule has 3 amide bonds. The van der Waals surface area contributed by atoms with Crippen molar-refractivity contribution in [3.8, 4) is 5.75 Å². The van der Waals surface area contributed by atoms with E-state index in [2.05, 4.69) is 25.9 Å². The average molecular weight is 600 g/mol. The first-order valence-corrected chi connectivity index (χ1v) is 14.4. The van der Waals surface area contributed by atoms with Crippen LogP contribution in [-0.4, -0.2) is 52.4 Å². The molecule has 41 heavy (non-hydrogen) atoms. The number of carbonyl (C=O) groups is 3. The molecule has 0 radical (unpaired) electrons. The van der Waals surface area contributed by atoms with Crippen LogP contribution < -0.4 is 20.7 Å². The number of rotatable bonds is 11. The fourth-order valence-corrected chi connectivity index (χ4v) is 4.27. The average Bonchev–Trinajstić information content (AvgIpc) is 2.90. The van der Waals surface area contributed by atoms with E-state index in [4.69, 9.17) is 21.1 Å². The van der Waals surface area contributed by atoms with Gasteiger partial charge in [0.2, 0.25) is 0 Å². The zero-order valence-corrected chi connectivity index (χ0v) is 25.2. The smallest absolute Gasteiger partial charge is 0.407 e. The van der Waals surface area contributed by atoms with Crippen LogP contribution in [0, 0.1) is 6.92 Å². The summed E-state index contributed by atoms with van der Waals surface area (Å²) in [7, 11) is 0. The topological polar surface area (TPSA) is 132 Å². The van der Waals surface area contributed by atoms with Gasteiger partial charge in [-0.05, 0) is 82.3 Å². The molecule has 0 aliphatic rings. The Labute approximate surface area is 249 Å². The highest BCUT2D eigenvalue weighted by Gasteiger charge is 2.20. The number of pyridine rings is 2. The molecule has 12 heteroatoms. The second kappa shape index (κ2) is 14.7. The molecule has 3 aromatic rings. The Hall–Kier alpha value is -3.83. The maximum atomic E-state index is 13.4. The molecule has 0 saturated heterocycles. The van der Waals surface area contributed by atoms with E-state index in [0.29, 0.717) is 35.2 Å². The summed E-state index contributed by atoms with van der Waals surface area (Å²) < 4.78 is 11.2. The Kier molecular flexibility index (Phi) is 11.4. The SMILES string of the molecule is CCSc1ccc(C(=O)Nc2ccc(C)nc2C(=O)Nc2ccc(Cl)cn2)c(OCCCNC(=O)OC(C)(C)C)c1. The second-order valence-corrected chi connectivity index (χ2v) is 11.6. The maximum absolute atomic E-state index is 13.4. The number of carbonyl (C=O) groups excluding carboxylic acids is 3. The molecule has 3 N–H and O–H groups in total. The maximum Gasteiger partial charge on any atom is 0.407 e. The van der Waals surface area contributed by atoms with Gasteiger partial charge in [-0.3, -0.25) is 9.59 Å². The molecule has 218 valence electrons. The predicted molar refractivity (Wildman–Crippen MR) is 161 cm³/mol. The lowest BCUT2D eigenvalue weighted by Gasteiger charge is -2.19. The molecule has 0 atom stereocenters. The molecule has 10 nitrogen and oxygen atoms in total. The van der Waals surface area contributed by atoms with E-state index in [1.807, 2.05) is 13.0 Å². The summed E-state index contributed by atoms with van der Waals surface area (Å²) in [6.45, 7) is 9.76. The first-order chi connectivity index (χ1) is 19.4. The van der Waals surface area contributed by atoms with Crippen LogP contribution in [0.3, 0.4) is 0 Å². The zero-order valence-electron chi connectivity index (χ0n) is 23.7. The Morgan fingerprint density at radius 3 is 2.49 bits per heavy atom. The number of hydrogen-bond acceptors (Lipinski definition) is 8. The first-order valence-electron chi connectivity index (χ1n) is 13.0. The lowest BCUT2D eigenvalue weighted by atomic mass is 10.1. The molecule has 3 rings (SSSR count). The monoisotopic (exact) mass is 599 g/mol. The van der Waals surface area contributed by atoms with Gasteiger partial charge in [0.1, 0.15) is 17.2 Å². The zero-order chi connectivity index (χ0) is 30.0. The molecule has 0 aliphatic carbocycles. The highest BCUT2D eigenvalue weighted by atomic mass is 35.5. The van der Waals surface area contributed by atoms with Gasteiger partial charge in [-0.15, -0.1) is 11.8 Å². The largest absolute Gasteiger partial charge is 0.493 e. The van der Waals surface area contributed by atoms with Gasteiger partial charge in [-0.25, -0.2) is 14.8 Å². The van der Waals surface area contributed by atoms with Crippen LogP contribution in [0.2, 0.25) is 5.02 Å². The fourth-order valence-electron chi connectivity index (χ4n) is 3.47. The number of alkyl carbamates (subject to hydrolysis) is 1. The standard InChI is InChI=1S/C29H34ClN5O5S/c1-6-41-20-10-11-21(23(16-20)39-15-7-14-31-28(38)40-29(3,4)5)26(36)34-22-12-8-18(2)33-25(22)27(37)35-24-13-9-19(30)17-32-24/h8-13,16-17H,6-7,14-15H2,1-5H3,(H,31,38)(H,34,36)(H,32,35,37). The Bertz CT molecular complexity index is 1380. The summed E-state index contributed by atoms with van der Waals surface area (Å²) in [6, 6.07) is 11.8. The van der Waals surface area contributed by atoms with Crippen LogP contribution in [0.4, 0.5) is 16.3 Å². The summed E-state index contributed by atoms with van der Waals surface area (Å²) in [5.41, 5.74) is 0.565. The van der Waals surface area contributed by atoms with Crippen LogP contribution >= 0.6 is 23.4 Å². The number of thioether (sulfide) groups is 1. The first kappa shape index (κ1) is 31.7. The number of nitrogens with zero attached hydrogens (tertiary/aromatic N) is 2. The number of ether oxygens (including phenoxy) is 2. The molecule has 0 spiro atoms. The van der Waals surface area contributed by atoms with Crippen molar-refractivity contribution >= 4 is 52.8 Å². The molecule has 0 bridgehead atoms. The lowest BCUT2D eigenvalue weighted by molar-refractivity contribution is 0.0525. The summed E-state index contributed by atoms with van der Waals surface area (Å²) in [5, 5.41) is 8.59. The lowest BCUT2D eigenvalue weighted by Crippen LogP contribution is -2.33. The van der Waals surface area contributed by atoms with Crippen molar-refractivity contribution in [3.05, 3.63) is 70.6 Å². The Morgan fingerprint density at radius 1 is 1.02 bits per heavy atom. The van der Waals surface area contributed by atoms with Crippen LogP contribution in [0.25, 0.3) is 0 Å². The summed E-state index contributed by atoms with van der Waals surface area (Å²) in [6.07, 6.45) is 1.41. The van der Waals surface area contributed by atoms with Crippen LogP contribution in [0.5, 0.6) is 5.75 Å². The molecule has 0 aliphatic heterocycles. The van der Waals surface area contributed by atoms with Gasteiger partial charge in [-0.1, -0.05) is 18.5 Å². The second-order valence-electron chi connectivity index (χ2n) is 9.84. The van der Waals surface area contributed by atoms with E-state index in [9.17, 15) is 14.4 Å². The predicted octanol–water partition coefficient (Wildman–Crippen LogP) is 6.35. The Balaban J connectivity index is 1.73. The molecular weight excluding hydrogens is 566 g/mol. The van der Waals surface area contributed by atoms with Crippen LogP contribution in [0.15, 0.2) is 53.6 Å².